The van der Waals surface area contributed by atoms with Crippen molar-refractivity contribution in [1.82, 2.24) is 14.5 Å². The Morgan fingerprint density at radius 3 is 2.67 bits per heavy atom. The number of benzene rings is 1. The van der Waals surface area contributed by atoms with Crippen LogP contribution in [-0.4, -0.2) is 52.0 Å². The van der Waals surface area contributed by atoms with Crippen molar-refractivity contribution in [2.75, 3.05) is 20.6 Å². The summed E-state index contributed by atoms with van der Waals surface area (Å²) in [6.07, 6.45) is 12.5. The van der Waals surface area contributed by atoms with E-state index in [1.807, 2.05) is 25.2 Å². The van der Waals surface area contributed by atoms with Gasteiger partial charge in [-0.25, -0.2) is 4.79 Å². The second kappa shape index (κ2) is 9.07. The fourth-order valence-electron chi connectivity index (χ4n) is 7.11. The summed E-state index contributed by atoms with van der Waals surface area (Å²) >= 11 is 0. The van der Waals surface area contributed by atoms with Gasteiger partial charge >= 0.3 is 5.97 Å². The standard InChI is InChI=1S/C30H35N3O3/c1-32(2)17-26(34)21-12-7-13-22-27(21)25-14-19-10-6-11-20(18-8-4-3-5-9-18)29(19)33(25)16-24-23(30(35)36)15-31-28(22)24/h6,10-11,14-16,18,21,27,31H,3-5,7-9,12-13,17H2,1-2H3,(H,35,36)/t21?,27-/m0/s1. The first-order valence-corrected chi connectivity index (χ1v) is 13.4. The van der Waals surface area contributed by atoms with E-state index >= 15 is 0 Å². The molecule has 1 aromatic carbocycles. The molecule has 2 fully saturated rings. The van der Waals surface area contributed by atoms with E-state index in [4.69, 9.17) is 0 Å². The highest BCUT2D eigenvalue weighted by atomic mass is 16.4. The van der Waals surface area contributed by atoms with E-state index in [-0.39, 0.29) is 17.6 Å². The maximum atomic E-state index is 13.6. The normalized spacial score (nSPS) is 22.0. The highest BCUT2D eigenvalue weighted by Crippen LogP contribution is 2.46. The minimum Gasteiger partial charge on any atom is -0.478 e. The molecule has 0 saturated heterocycles. The molecule has 1 aliphatic heterocycles. The average molecular weight is 486 g/mol. The molecular formula is C30H35N3O3. The summed E-state index contributed by atoms with van der Waals surface area (Å²) in [4.78, 5) is 31.0. The SMILES string of the molecule is CN(C)CC(=O)C1CCCC2=c3[nH]cc(C(=O)O)c3=Cn3c(cc4cccc(C5CCCCC5)c43)[C@H]21. The van der Waals surface area contributed by atoms with Gasteiger partial charge in [0.15, 0.2) is 5.78 Å². The molecule has 0 radical (unpaired) electrons. The molecule has 2 N–H and O–H groups in total. The number of carboxylic acids is 1. The molecule has 2 aromatic heterocycles. The van der Waals surface area contributed by atoms with Crippen LogP contribution >= 0.6 is 0 Å². The van der Waals surface area contributed by atoms with Crippen molar-refractivity contribution in [3.05, 3.63) is 57.9 Å². The van der Waals surface area contributed by atoms with Crippen LogP contribution in [0.3, 0.4) is 0 Å². The average Bonchev–Trinajstić information content (AvgIpc) is 3.42. The lowest BCUT2D eigenvalue weighted by Crippen LogP contribution is -2.37. The molecule has 2 atom stereocenters. The lowest BCUT2D eigenvalue weighted by atomic mass is 9.72. The number of rotatable bonds is 5. The number of aromatic carboxylic acids is 1. The van der Waals surface area contributed by atoms with Gasteiger partial charge < -0.3 is 19.6 Å². The van der Waals surface area contributed by atoms with Crippen molar-refractivity contribution in [1.29, 1.82) is 0 Å². The van der Waals surface area contributed by atoms with E-state index in [9.17, 15) is 14.7 Å². The van der Waals surface area contributed by atoms with Gasteiger partial charge in [0.05, 0.1) is 17.6 Å². The van der Waals surface area contributed by atoms with Crippen molar-refractivity contribution < 1.29 is 14.7 Å². The Morgan fingerprint density at radius 2 is 1.92 bits per heavy atom. The summed E-state index contributed by atoms with van der Waals surface area (Å²) in [6.45, 7) is 0.420. The Hall–Kier alpha value is -3.12. The Kier molecular flexibility index (Phi) is 5.87. The van der Waals surface area contributed by atoms with Crippen LogP contribution < -0.4 is 10.6 Å². The molecule has 2 aliphatic carbocycles. The van der Waals surface area contributed by atoms with Crippen molar-refractivity contribution in [3.8, 4) is 0 Å². The predicted octanol–water partition coefficient (Wildman–Crippen LogP) is 4.18. The molecule has 3 aliphatic rings. The number of Topliss-reactive ketones (excluding diaryl/α,β-unsaturated/α-hetero) is 1. The molecular weight excluding hydrogens is 450 g/mol. The second-order valence-electron chi connectivity index (χ2n) is 11.2. The first-order chi connectivity index (χ1) is 17.4. The van der Waals surface area contributed by atoms with Gasteiger partial charge in [0.1, 0.15) is 0 Å². The van der Waals surface area contributed by atoms with Crippen LogP contribution in [0.25, 0.3) is 22.7 Å². The summed E-state index contributed by atoms with van der Waals surface area (Å²) in [6, 6.07) is 8.88. The molecule has 6 nitrogen and oxygen atoms in total. The number of fused-ring (bicyclic) bond motifs is 6. The number of hydrogen-bond acceptors (Lipinski definition) is 3. The number of carbonyl (C=O) groups is 2. The van der Waals surface area contributed by atoms with Crippen molar-refractivity contribution in [3.63, 3.8) is 0 Å². The molecule has 3 aromatic rings. The van der Waals surface area contributed by atoms with Gasteiger partial charge in [0.2, 0.25) is 0 Å². The van der Waals surface area contributed by atoms with Gasteiger partial charge in [-0.15, -0.1) is 0 Å². The number of aromatic nitrogens is 2. The number of aromatic amines is 1. The van der Waals surface area contributed by atoms with Crippen LogP contribution in [0.1, 0.15) is 84.8 Å². The third-order valence-corrected chi connectivity index (χ3v) is 8.64. The number of ketones is 1. The molecule has 0 spiro atoms. The molecule has 2 saturated carbocycles. The third-order valence-electron chi connectivity index (χ3n) is 8.64. The molecule has 188 valence electrons. The van der Waals surface area contributed by atoms with Gasteiger partial charge in [-0.3, -0.25) is 4.79 Å². The molecule has 1 unspecified atom stereocenters. The summed E-state index contributed by atoms with van der Waals surface area (Å²) in [5.41, 5.74) is 5.15. The summed E-state index contributed by atoms with van der Waals surface area (Å²) in [5.74, 6) is -0.322. The highest BCUT2D eigenvalue weighted by Gasteiger charge is 2.39. The largest absolute Gasteiger partial charge is 0.478 e. The summed E-state index contributed by atoms with van der Waals surface area (Å²) < 4.78 is 2.26. The maximum Gasteiger partial charge on any atom is 0.337 e. The van der Waals surface area contributed by atoms with Crippen LogP contribution in [0.5, 0.6) is 0 Å². The molecule has 6 rings (SSSR count). The van der Waals surface area contributed by atoms with E-state index in [0.717, 1.165) is 35.5 Å². The zero-order chi connectivity index (χ0) is 25.0. The fourth-order valence-corrected chi connectivity index (χ4v) is 7.11. The van der Waals surface area contributed by atoms with E-state index < -0.39 is 5.97 Å². The van der Waals surface area contributed by atoms with Gasteiger partial charge in [-0.2, -0.15) is 0 Å². The van der Waals surface area contributed by atoms with E-state index in [0.29, 0.717) is 18.0 Å². The van der Waals surface area contributed by atoms with Crippen LogP contribution in [0.4, 0.5) is 0 Å². The lowest BCUT2D eigenvalue weighted by Gasteiger charge is -2.33. The van der Waals surface area contributed by atoms with Crippen LogP contribution in [0.2, 0.25) is 0 Å². The number of para-hydroxylation sites is 1. The maximum absolute atomic E-state index is 13.6. The first-order valence-electron chi connectivity index (χ1n) is 13.4. The van der Waals surface area contributed by atoms with Gasteiger partial charge in [0, 0.05) is 45.9 Å². The fraction of sp³-hybridized carbons (Fsp3) is 0.467. The van der Waals surface area contributed by atoms with Crippen molar-refractivity contribution in [2.45, 2.75) is 63.2 Å². The number of hydrogen-bond donors (Lipinski definition) is 2. The second-order valence-corrected chi connectivity index (χ2v) is 11.2. The molecule has 0 bridgehead atoms. The van der Waals surface area contributed by atoms with Crippen LogP contribution in [0.15, 0.2) is 30.5 Å². The van der Waals surface area contributed by atoms with E-state index in [1.165, 1.54) is 54.1 Å². The molecule has 36 heavy (non-hydrogen) atoms. The Bertz CT molecular complexity index is 1470. The Balaban J connectivity index is 1.65. The number of carbonyl (C=O) groups excluding carboxylic acids is 1. The van der Waals surface area contributed by atoms with Crippen LogP contribution in [-0.2, 0) is 4.79 Å². The van der Waals surface area contributed by atoms with Gasteiger partial charge in [-0.05, 0) is 69.3 Å². The minimum absolute atomic E-state index is 0.0596. The van der Waals surface area contributed by atoms with Gasteiger partial charge in [0.25, 0.3) is 0 Å². The number of nitrogens with zero attached hydrogens (tertiary/aromatic N) is 2. The Labute approximate surface area is 211 Å². The number of carboxylic acid groups (broad SMARTS) is 1. The van der Waals surface area contributed by atoms with E-state index in [1.54, 1.807) is 6.20 Å². The minimum atomic E-state index is -0.927. The topological polar surface area (TPSA) is 78.3 Å². The third kappa shape index (κ3) is 3.74. The lowest BCUT2D eigenvalue weighted by molar-refractivity contribution is -0.124. The number of nitrogens with one attached hydrogen (secondary N) is 1. The summed E-state index contributed by atoms with van der Waals surface area (Å²) in [7, 11) is 3.89. The number of H-pyrrole nitrogens is 1. The molecule has 3 heterocycles. The van der Waals surface area contributed by atoms with Crippen LogP contribution in [0, 0.1) is 5.92 Å². The molecule has 0 amide bonds. The quantitative estimate of drug-likeness (QED) is 0.568. The Morgan fingerprint density at radius 1 is 1.11 bits per heavy atom. The number of likely N-dealkylation sites (N-methyl/N-ethyl adjacent to an activating group) is 1. The van der Waals surface area contributed by atoms with Crippen molar-refractivity contribution in [2.24, 2.45) is 5.92 Å². The highest BCUT2D eigenvalue weighted by molar-refractivity contribution is 5.92. The zero-order valence-corrected chi connectivity index (χ0v) is 21.2. The van der Waals surface area contributed by atoms with E-state index in [2.05, 4.69) is 33.8 Å². The van der Waals surface area contributed by atoms with Crippen molar-refractivity contribution >= 4 is 34.4 Å². The smallest absolute Gasteiger partial charge is 0.337 e. The predicted molar refractivity (Wildman–Crippen MR) is 142 cm³/mol. The monoisotopic (exact) mass is 485 g/mol. The summed E-state index contributed by atoms with van der Waals surface area (Å²) in [5, 5.41) is 12.8. The zero-order valence-electron chi connectivity index (χ0n) is 21.2. The first kappa shape index (κ1) is 23.3. The van der Waals surface area contributed by atoms with Gasteiger partial charge in [-0.1, -0.05) is 37.5 Å². The molecule has 6 heteroatoms.